The Morgan fingerprint density at radius 3 is 2.54 bits per heavy atom. The molecule has 128 valence electrons. The highest BCUT2D eigenvalue weighted by molar-refractivity contribution is 6.39. The number of hydrogen-bond donors (Lipinski definition) is 2. The summed E-state index contributed by atoms with van der Waals surface area (Å²) < 4.78 is 18.6. The Labute approximate surface area is 150 Å². The summed E-state index contributed by atoms with van der Waals surface area (Å²) in [6.07, 6.45) is 0. The van der Waals surface area contributed by atoms with Crippen molar-refractivity contribution in [1.29, 1.82) is 0 Å². The molecule has 0 bridgehead atoms. The molecular formula is C17H18Cl2FN2O2+. The number of amides is 1. The van der Waals surface area contributed by atoms with Gasteiger partial charge in [0, 0.05) is 0 Å². The van der Waals surface area contributed by atoms with E-state index in [1.165, 1.54) is 19.2 Å². The maximum Gasteiger partial charge on any atom is 0.279 e. The van der Waals surface area contributed by atoms with Crippen molar-refractivity contribution < 1.29 is 18.8 Å². The molecule has 2 aromatic carbocycles. The van der Waals surface area contributed by atoms with Crippen LogP contribution in [-0.2, 0) is 11.3 Å². The highest BCUT2D eigenvalue weighted by Crippen LogP contribution is 2.29. The van der Waals surface area contributed by atoms with Crippen molar-refractivity contribution in [2.75, 3.05) is 26.0 Å². The SMILES string of the molecule is COc1ccc(F)cc1C[NH+](C)CC(=O)Nc1c(Cl)cccc1Cl. The molecule has 0 saturated carbocycles. The quantitative estimate of drug-likeness (QED) is 0.819. The van der Waals surface area contributed by atoms with Gasteiger partial charge in [-0.25, -0.2) is 4.39 Å². The molecule has 0 radical (unpaired) electrons. The second-order valence-electron chi connectivity index (χ2n) is 5.41. The number of para-hydroxylation sites is 1. The summed E-state index contributed by atoms with van der Waals surface area (Å²) in [5.41, 5.74) is 1.08. The number of benzene rings is 2. The molecule has 1 atom stereocenters. The van der Waals surface area contributed by atoms with E-state index >= 15 is 0 Å². The zero-order valence-corrected chi connectivity index (χ0v) is 14.8. The highest BCUT2D eigenvalue weighted by Gasteiger charge is 2.16. The van der Waals surface area contributed by atoms with Crippen LogP contribution in [0, 0.1) is 5.82 Å². The molecule has 1 unspecified atom stereocenters. The lowest BCUT2D eigenvalue weighted by Crippen LogP contribution is -3.08. The maximum absolute atomic E-state index is 13.4. The molecule has 0 aliphatic carbocycles. The number of nitrogens with one attached hydrogen (secondary N) is 2. The molecule has 2 N–H and O–H groups in total. The van der Waals surface area contributed by atoms with E-state index in [2.05, 4.69) is 5.32 Å². The lowest BCUT2D eigenvalue weighted by molar-refractivity contribution is -0.885. The van der Waals surface area contributed by atoms with E-state index in [0.29, 0.717) is 33.6 Å². The van der Waals surface area contributed by atoms with Gasteiger partial charge in [-0.2, -0.15) is 0 Å². The monoisotopic (exact) mass is 371 g/mol. The summed E-state index contributed by atoms with van der Waals surface area (Å²) in [6.45, 7) is 0.603. The molecule has 2 aromatic rings. The van der Waals surface area contributed by atoms with Crippen LogP contribution < -0.4 is 15.0 Å². The third kappa shape index (κ3) is 4.84. The van der Waals surface area contributed by atoms with E-state index in [0.717, 1.165) is 4.90 Å². The Morgan fingerprint density at radius 2 is 1.92 bits per heavy atom. The second-order valence-corrected chi connectivity index (χ2v) is 6.23. The van der Waals surface area contributed by atoms with Crippen molar-refractivity contribution in [3.8, 4) is 5.75 Å². The van der Waals surface area contributed by atoms with Crippen molar-refractivity contribution in [2.24, 2.45) is 0 Å². The van der Waals surface area contributed by atoms with Gasteiger partial charge >= 0.3 is 0 Å². The lowest BCUT2D eigenvalue weighted by Gasteiger charge is -2.16. The first-order chi connectivity index (χ1) is 11.4. The Balaban J connectivity index is 2.01. The zero-order chi connectivity index (χ0) is 17.7. The second kappa shape index (κ2) is 8.33. The molecule has 4 nitrogen and oxygen atoms in total. The lowest BCUT2D eigenvalue weighted by atomic mass is 10.2. The predicted molar refractivity (Wildman–Crippen MR) is 93.5 cm³/mol. The fourth-order valence-corrected chi connectivity index (χ4v) is 2.84. The van der Waals surface area contributed by atoms with Crippen LogP contribution in [0.1, 0.15) is 5.56 Å². The number of rotatable bonds is 6. The molecule has 7 heteroatoms. The van der Waals surface area contributed by atoms with E-state index in [1.807, 2.05) is 7.05 Å². The van der Waals surface area contributed by atoms with Gasteiger partial charge < -0.3 is 15.0 Å². The number of methoxy groups -OCH3 is 1. The van der Waals surface area contributed by atoms with E-state index in [9.17, 15) is 9.18 Å². The molecule has 0 spiro atoms. The number of carbonyl (C=O) groups excluding carboxylic acids is 1. The van der Waals surface area contributed by atoms with Crippen molar-refractivity contribution in [3.05, 3.63) is 57.8 Å². The topological polar surface area (TPSA) is 42.8 Å². The van der Waals surface area contributed by atoms with Gasteiger partial charge in [0.25, 0.3) is 5.91 Å². The smallest absolute Gasteiger partial charge is 0.279 e. The Bertz CT molecular complexity index is 720. The minimum atomic E-state index is -0.342. The molecule has 0 aromatic heterocycles. The standard InChI is InChI=1S/C17H17Cl2FN2O2/c1-22(9-11-8-12(20)6-7-15(11)24-2)10-16(23)21-17-13(18)4-3-5-14(17)19/h3-8H,9-10H2,1-2H3,(H,21,23)/p+1. The van der Waals surface area contributed by atoms with E-state index in [-0.39, 0.29) is 18.3 Å². The fraction of sp³-hybridized carbons (Fsp3) is 0.235. The van der Waals surface area contributed by atoms with Gasteiger partial charge in [0.15, 0.2) is 6.54 Å². The number of likely N-dealkylation sites (N-methyl/N-ethyl adjacent to an activating group) is 1. The molecule has 0 fully saturated rings. The van der Waals surface area contributed by atoms with Gasteiger partial charge in [-0.1, -0.05) is 29.3 Å². The predicted octanol–water partition coefficient (Wildman–Crippen LogP) is 2.79. The van der Waals surface area contributed by atoms with Gasteiger partial charge in [-0.3, -0.25) is 4.79 Å². The zero-order valence-electron chi connectivity index (χ0n) is 13.3. The molecule has 0 heterocycles. The van der Waals surface area contributed by atoms with Gasteiger partial charge in [-0.15, -0.1) is 0 Å². The van der Waals surface area contributed by atoms with Crippen LogP contribution in [0.5, 0.6) is 5.75 Å². The fourth-order valence-electron chi connectivity index (χ4n) is 2.35. The number of quaternary nitrogens is 1. The summed E-state index contributed by atoms with van der Waals surface area (Å²) in [7, 11) is 3.36. The van der Waals surface area contributed by atoms with Crippen LogP contribution in [-0.4, -0.2) is 26.6 Å². The van der Waals surface area contributed by atoms with Gasteiger partial charge in [0.2, 0.25) is 0 Å². The Morgan fingerprint density at radius 1 is 1.25 bits per heavy atom. The van der Waals surface area contributed by atoms with Crippen molar-refractivity contribution in [1.82, 2.24) is 0 Å². The minimum Gasteiger partial charge on any atom is -0.496 e. The summed E-state index contributed by atoms with van der Waals surface area (Å²) >= 11 is 12.1. The van der Waals surface area contributed by atoms with Gasteiger partial charge in [0.05, 0.1) is 35.5 Å². The normalized spacial score (nSPS) is 11.9. The number of halogens is 3. The molecular weight excluding hydrogens is 354 g/mol. The van der Waals surface area contributed by atoms with E-state index in [1.54, 1.807) is 24.3 Å². The first-order valence-electron chi connectivity index (χ1n) is 7.28. The van der Waals surface area contributed by atoms with E-state index < -0.39 is 0 Å². The first kappa shape index (κ1) is 18.5. The van der Waals surface area contributed by atoms with Crippen molar-refractivity contribution >= 4 is 34.8 Å². The summed E-state index contributed by atoms with van der Waals surface area (Å²) in [5.74, 6) is 0.00840. The Kier molecular flexibility index (Phi) is 6.43. The van der Waals surface area contributed by atoms with E-state index in [4.69, 9.17) is 27.9 Å². The summed E-state index contributed by atoms with van der Waals surface area (Å²) in [5, 5.41) is 3.46. The Hall–Kier alpha value is -1.82. The number of anilines is 1. The van der Waals surface area contributed by atoms with Crippen LogP contribution in [0.15, 0.2) is 36.4 Å². The number of carbonyl (C=O) groups is 1. The molecule has 0 aliphatic heterocycles. The van der Waals surface area contributed by atoms with Crippen LogP contribution >= 0.6 is 23.2 Å². The number of ether oxygens (including phenoxy) is 1. The summed E-state index contributed by atoms with van der Waals surface area (Å²) in [6, 6.07) is 9.32. The molecule has 1 amide bonds. The maximum atomic E-state index is 13.4. The van der Waals surface area contributed by atoms with Crippen molar-refractivity contribution in [2.45, 2.75) is 6.54 Å². The average molecular weight is 372 g/mol. The highest BCUT2D eigenvalue weighted by atomic mass is 35.5. The van der Waals surface area contributed by atoms with Crippen LogP contribution in [0.3, 0.4) is 0 Å². The largest absolute Gasteiger partial charge is 0.496 e. The van der Waals surface area contributed by atoms with Crippen molar-refractivity contribution in [3.63, 3.8) is 0 Å². The van der Waals surface area contributed by atoms with Crippen LogP contribution in [0.4, 0.5) is 10.1 Å². The summed E-state index contributed by atoms with van der Waals surface area (Å²) in [4.78, 5) is 13.0. The van der Waals surface area contributed by atoms with Gasteiger partial charge in [0.1, 0.15) is 18.1 Å². The average Bonchev–Trinajstić information content (AvgIpc) is 2.51. The van der Waals surface area contributed by atoms with Gasteiger partial charge in [-0.05, 0) is 30.3 Å². The molecule has 24 heavy (non-hydrogen) atoms. The number of hydrogen-bond acceptors (Lipinski definition) is 2. The molecule has 0 aliphatic rings. The minimum absolute atomic E-state index is 0.168. The van der Waals surface area contributed by atoms with Crippen LogP contribution in [0.25, 0.3) is 0 Å². The molecule has 0 saturated heterocycles. The molecule has 2 rings (SSSR count). The third-order valence-corrected chi connectivity index (χ3v) is 4.05. The van der Waals surface area contributed by atoms with Crippen LogP contribution in [0.2, 0.25) is 10.0 Å². The first-order valence-corrected chi connectivity index (χ1v) is 8.04. The third-order valence-electron chi connectivity index (χ3n) is 3.42.